The molecule has 0 aliphatic carbocycles. The number of halogens is 1. The molecule has 1 heterocycles. The van der Waals surface area contributed by atoms with E-state index in [2.05, 4.69) is 15.5 Å². The van der Waals surface area contributed by atoms with E-state index in [0.29, 0.717) is 10.7 Å². The van der Waals surface area contributed by atoms with Crippen molar-refractivity contribution in [2.24, 2.45) is 0 Å². The monoisotopic (exact) mass is 323 g/mol. The molecule has 0 aromatic heterocycles. The molecule has 0 spiro atoms. The maximum atomic E-state index is 12.5. The second kappa shape index (κ2) is 9.13. The van der Waals surface area contributed by atoms with Crippen LogP contribution in [0.3, 0.4) is 0 Å². The van der Waals surface area contributed by atoms with Crippen LogP contribution in [0.2, 0.25) is 5.02 Å². The Morgan fingerprint density at radius 3 is 2.68 bits per heavy atom. The summed E-state index contributed by atoms with van der Waals surface area (Å²) < 4.78 is 0. The zero-order valence-corrected chi connectivity index (χ0v) is 14.0. The van der Waals surface area contributed by atoms with Gasteiger partial charge in [-0.15, -0.1) is 0 Å². The molecule has 1 atom stereocenters. The molecule has 1 aliphatic rings. The Kier molecular flexibility index (Phi) is 7.16. The highest BCUT2D eigenvalue weighted by atomic mass is 35.5. The van der Waals surface area contributed by atoms with E-state index in [0.717, 1.165) is 32.6 Å². The van der Waals surface area contributed by atoms with E-state index < -0.39 is 0 Å². The van der Waals surface area contributed by atoms with Crippen molar-refractivity contribution in [3.05, 3.63) is 29.3 Å². The minimum atomic E-state index is -0.178. The van der Waals surface area contributed by atoms with E-state index in [-0.39, 0.29) is 11.9 Å². The first-order chi connectivity index (χ1) is 10.7. The molecule has 1 unspecified atom stereocenters. The van der Waals surface area contributed by atoms with E-state index in [9.17, 15) is 4.79 Å². The molecule has 0 saturated carbocycles. The lowest BCUT2D eigenvalue weighted by Crippen LogP contribution is -2.43. The highest BCUT2D eigenvalue weighted by Crippen LogP contribution is 2.20. The number of para-hydroxylation sites is 1. The summed E-state index contributed by atoms with van der Waals surface area (Å²) in [6.45, 7) is 6.08. The van der Waals surface area contributed by atoms with Crippen LogP contribution in [-0.4, -0.2) is 43.0 Å². The Labute approximate surface area is 138 Å². The fraction of sp³-hybridized carbons (Fsp3) is 0.588. The number of rotatable bonds is 7. The Morgan fingerprint density at radius 1 is 1.27 bits per heavy atom. The Balaban J connectivity index is 1.88. The van der Waals surface area contributed by atoms with Gasteiger partial charge in [-0.25, -0.2) is 0 Å². The van der Waals surface area contributed by atoms with Crippen molar-refractivity contribution in [3.63, 3.8) is 0 Å². The van der Waals surface area contributed by atoms with Gasteiger partial charge in [-0.2, -0.15) is 0 Å². The van der Waals surface area contributed by atoms with Crippen LogP contribution in [0.25, 0.3) is 0 Å². The fourth-order valence-corrected chi connectivity index (χ4v) is 3.03. The molecule has 122 valence electrons. The van der Waals surface area contributed by atoms with Gasteiger partial charge in [-0.3, -0.25) is 4.79 Å². The van der Waals surface area contributed by atoms with Crippen molar-refractivity contribution in [2.75, 3.05) is 31.5 Å². The van der Waals surface area contributed by atoms with Crippen molar-refractivity contribution < 1.29 is 4.79 Å². The third-order valence-electron chi connectivity index (χ3n) is 4.08. The van der Waals surface area contributed by atoms with Crippen LogP contribution in [-0.2, 0) is 4.79 Å². The van der Waals surface area contributed by atoms with E-state index in [4.69, 9.17) is 11.6 Å². The van der Waals surface area contributed by atoms with Crippen molar-refractivity contribution in [2.45, 2.75) is 38.6 Å². The molecule has 1 fully saturated rings. The van der Waals surface area contributed by atoms with Gasteiger partial charge in [0.2, 0.25) is 5.91 Å². The average Bonchev–Trinajstić information content (AvgIpc) is 2.54. The van der Waals surface area contributed by atoms with Gasteiger partial charge in [0, 0.05) is 6.54 Å². The topological polar surface area (TPSA) is 44.4 Å². The summed E-state index contributed by atoms with van der Waals surface area (Å²) in [7, 11) is 0. The number of hydrogen-bond acceptors (Lipinski definition) is 3. The quantitative estimate of drug-likeness (QED) is 0.810. The SMILES string of the molecule is CCNC(CCN1CCCCC1)C(=O)Nc1ccccc1Cl. The lowest BCUT2D eigenvalue weighted by Gasteiger charge is -2.28. The molecule has 1 aromatic rings. The van der Waals surface area contributed by atoms with Crippen molar-refractivity contribution >= 4 is 23.2 Å². The normalized spacial score (nSPS) is 17.2. The molecule has 2 N–H and O–H groups in total. The number of carbonyl (C=O) groups is 1. The smallest absolute Gasteiger partial charge is 0.241 e. The number of likely N-dealkylation sites (tertiary alicyclic amines) is 1. The molecule has 0 radical (unpaired) electrons. The van der Waals surface area contributed by atoms with Gasteiger partial charge in [-0.05, 0) is 51.0 Å². The maximum Gasteiger partial charge on any atom is 0.241 e. The molecule has 4 nitrogen and oxygen atoms in total. The zero-order valence-electron chi connectivity index (χ0n) is 13.3. The Hall–Kier alpha value is -1.10. The van der Waals surface area contributed by atoms with E-state index in [1.54, 1.807) is 6.07 Å². The molecule has 1 saturated heterocycles. The molecule has 5 heteroatoms. The van der Waals surface area contributed by atoms with Crippen LogP contribution in [0, 0.1) is 0 Å². The molecular weight excluding hydrogens is 298 g/mol. The third-order valence-corrected chi connectivity index (χ3v) is 4.41. The molecule has 1 aromatic carbocycles. The molecule has 22 heavy (non-hydrogen) atoms. The second-order valence-corrected chi connectivity index (χ2v) is 6.18. The number of hydrogen-bond donors (Lipinski definition) is 2. The summed E-state index contributed by atoms with van der Waals surface area (Å²) in [5.41, 5.74) is 0.676. The average molecular weight is 324 g/mol. The van der Waals surface area contributed by atoms with Gasteiger partial charge in [-0.1, -0.05) is 37.1 Å². The van der Waals surface area contributed by atoms with Crippen LogP contribution >= 0.6 is 11.6 Å². The van der Waals surface area contributed by atoms with Gasteiger partial charge in [0.1, 0.15) is 0 Å². The number of nitrogens with one attached hydrogen (secondary N) is 2. The first-order valence-corrected chi connectivity index (χ1v) is 8.59. The van der Waals surface area contributed by atoms with Gasteiger partial charge >= 0.3 is 0 Å². The van der Waals surface area contributed by atoms with Crippen molar-refractivity contribution in [3.8, 4) is 0 Å². The fourth-order valence-electron chi connectivity index (χ4n) is 2.85. The summed E-state index contributed by atoms with van der Waals surface area (Å²) in [6.07, 6.45) is 4.71. The minimum Gasteiger partial charge on any atom is -0.323 e. The van der Waals surface area contributed by atoms with Crippen LogP contribution in [0.4, 0.5) is 5.69 Å². The standard InChI is InChI=1S/C17H26ClN3O/c1-2-19-16(10-13-21-11-6-3-7-12-21)17(22)20-15-9-5-4-8-14(15)18/h4-5,8-9,16,19H,2-3,6-7,10-13H2,1H3,(H,20,22). The summed E-state index contributed by atoms with van der Waals surface area (Å²) in [5.74, 6) is -0.00744. The second-order valence-electron chi connectivity index (χ2n) is 5.77. The first-order valence-electron chi connectivity index (χ1n) is 8.22. The number of nitrogens with zero attached hydrogens (tertiary/aromatic N) is 1. The molecular formula is C17H26ClN3O. The largest absolute Gasteiger partial charge is 0.323 e. The predicted octanol–water partition coefficient (Wildman–Crippen LogP) is 3.13. The molecule has 1 aliphatic heterocycles. The van der Waals surface area contributed by atoms with Crippen molar-refractivity contribution in [1.29, 1.82) is 0 Å². The highest BCUT2D eigenvalue weighted by molar-refractivity contribution is 6.33. The molecule has 1 amide bonds. The third kappa shape index (κ3) is 5.27. The number of amides is 1. The number of piperidine rings is 1. The molecule has 2 rings (SSSR count). The lowest BCUT2D eigenvalue weighted by molar-refractivity contribution is -0.118. The number of anilines is 1. The summed E-state index contributed by atoms with van der Waals surface area (Å²) in [5, 5.41) is 6.78. The Bertz CT molecular complexity index is 475. The van der Waals surface area contributed by atoms with Crippen LogP contribution in [0.15, 0.2) is 24.3 Å². The van der Waals surface area contributed by atoms with Gasteiger partial charge in [0.15, 0.2) is 0 Å². The highest BCUT2D eigenvalue weighted by Gasteiger charge is 2.20. The molecule has 0 bridgehead atoms. The first kappa shape index (κ1) is 17.3. The summed E-state index contributed by atoms with van der Waals surface area (Å²) in [4.78, 5) is 14.9. The Morgan fingerprint density at radius 2 is 2.00 bits per heavy atom. The number of likely N-dealkylation sites (N-methyl/N-ethyl adjacent to an activating group) is 1. The number of carbonyl (C=O) groups excluding carboxylic acids is 1. The zero-order chi connectivity index (χ0) is 15.8. The van der Waals surface area contributed by atoms with Crippen LogP contribution < -0.4 is 10.6 Å². The summed E-state index contributed by atoms with van der Waals surface area (Å²) in [6, 6.07) is 7.16. The van der Waals surface area contributed by atoms with Crippen molar-refractivity contribution in [1.82, 2.24) is 10.2 Å². The minimum absolute atomic E-state index is 0.00744. The maximum absolute atomic E-state index is 12.5. The predicted molar refractivity (Wildman–Crippen MR) is 92.5 cm³/mol. The summed E-state index contributed by atoms with van der Waals surface area (Å²) >= 11 is 6.11. The van der Waals surface area contributed by atoms with Gasteiger partial charge in [0.05, 0.1) is 16.8 Å². The number of benzene rings is 1. The van der Waals surface area contributed by atoms with Crippen LogP contribution in [0.5, 0.6) is 0 Å². The van der Waals surface area contributed by atoms with Gasteiger partial charge < -0.3 is 15.5 Å². The van der Waals surface area contributed by atoms with Gasteiger partial charge in [0.25, 0.3) is 0 Å². The van der Waals surface area contributed by atoms with E-state index in [1.165, 1.54) is 19.3 Å². The lowest BCUT2D eigenvalue weighted by atomic mass is 10.1. The van der Waals surface area contributed by atoms with Crippen LogP contribution in [0.1, 0.15) is 32.6 Å². The van der Waals surface area contributed by atoms with E-state index in [1.807, 2.05) is 25.1 Å². The van der Waals surface area contributed by atoms with E-state index >= 15 is 0 Å².